The van der Waals surface area contributed by atoms with Crippen LogP contribution in [0.3, 0.4) is 0 Å². The van der Waals surface area contributed by atoms with Gasteiger partial charge in [-0.15, -0.1) is 0 Å². The minimum Gasteiger partial charge on any atom is -0.371 e. The van der Waals surface area contributed by atoms with Crippen LogP contribution < -0.4 is 4.90 Å². The molecule has 2 heterocycles. The topological polar surface area (TPSA) is 60.9 Å². The average molecular weight is 528 g/mol. The highest BCUT2D eigenvalue weighted by Crippen LogP contribution is 2.36. The molecule has 0 unspecified atom stereocenters. The normalized spacial score (nSPS) is 19.2. The van der Waals surface area contributed by atoms with Crippen LogP contribution in [0.4, 0.5) is 18.9 Å². The van der Waals surface area contributed by atoms with E-state index in [1.807, 2.05) is 16.8 Å². The third kappa shape index (κ3) is 5.02. The Kier molecular flexibility index (Phi) is 7.20. The van der Waals surface area contributed by atoms with Gasteiger partial charge in [0.1, 0.15) is 0 Å². The predicted molar refractivity (Wildman–Crippen MR) is 137 cm³/mol. The first kappa shape index (κ1) is 26.3. The van der Waals surface area contributed by atoms with Crippen LogP contribution in [0.2, 0.25) is 0 Å². The molecule has 2 aromatic rings. The summed E-state index contributed by atoms with van der Waals surface area (Å²) in [6, 6.07) is 10.1. The maximum atomic E-state index is 13.4. The fraction of sp³-hybridized carbons (Fsp3) is 0.483. The zero-order valence-corrected chi connectivity index (χ0v) is 21.5. The van der Waals surface area contributed by atoms with Crippen molar-refractivity contribution < 1.29 is 27.6 Å². The quantitative estimate of drug-likeness (QED) is 0.482. The molecule has 2 fully saturated rings. The molecule has 1 aliphatic carbocycles. The van der Waals surface area contributed by atoms with Gasteiger partial charge in [0.25, 0.3) is 11.8 Å². The third-order valence-corrected chi connectivity index (χ3v) is 8.23. The Labute approximate surface area is 220 Å². The number of rotatable bonds is 5. The van der Waals surface area contributed by atoms with Crippen molar-refractivity contribution in [3.63, 3.8) is 0 Å². The van der Waals surface area contributed by atoms with Crippen LogP contribution in [0.25, 0.3) is 0 Å². The van der Waals surface area contributed by atoms with E-state index < -0.39 is 23.6 Å². The van der Waals surface area contributed by atoms with Gasteiger partial charge in [0.05, 0.1) is 28.9 Å². The van der Waals surface area contributed by atoms with Crippen molar-refractivity contribution in [1.29, 1.82) is 0 Å². The van der Waals surface area contributed by atoms with E-state index in [9.17, 15) is 27.6 Å². The molecule has 5 rings (SSSR count). The number of alkyl halides is 3. The highest BCUT2D eigenvalue weighted by Gasteiger charge is 2.40. The summed E-state index contributed by atoms with van der Waals surface area (Å²) in [7, 11) is 1.91. The van der Waals surface area contributed by atoms with Gasteiger partial charge < -0.3 is 9.80 Å². The summed E-state index contributed by atoms with van der Waals surface area (Å²) in [4.78, 5) is 44.7. The van der Waals surface area contributed by atoms with Crippen LogP contribution in [0.1, 0.15) is 76.8 Å². The van der Waals surface area contributed by atoms with Crippen molar-refractivity contribution in [3.8, 4) is 0 Å². The lowest BCUT2D eigenvalue weighted by molar-refractivity contribution is -0.138. The SMILES string of the molecule is CN(C(=O)C1CCN(c2cccc3c2C(=O)N(Cc2cccc(C(F)(F)F)c2)C3=O)CC1)C1CCCCC1. The molecule has 1 saturated heterocycles. The number of imide groups is 1. The van der Waals surface area contributed by atoms with Crippen molar-refractivity contribution in [2.24, 2.45) is 5.92 Å². The lowest BCUT2D eigenvalue weighted by Crippen LogP contribution is -2.45. The molecular weight excluding hydrogens is 495 g/mol. The Bertz CT molecular complexity index is 1230. The van der Waals surface area contributed by atoms with Crippen molar-refractivity contribution in [2.75, 3.05) is 25.0 Å². The molecule has 0 radical (unpaired) electrons. The van der Waals surface area contributed by atoms with Gasteiger partial charge >= 0.3 is 6.18 Å². The summed E-state index contributed by atoms with van der Waals surface area (Å²) in [6.45, 7) is 0.931. The van der Waals surface area contributed by atoms with E-state index in [2.05, 4.69) is 0 Å². The van der Waals surface area contributed by atoms with E-state index in [1.54, 1.807) is 18.2 Å². The molecule has 3 amide bonds. The predicted octanol–water partition coefficient (Wildman–Crippen LogP) is 5.51. The standard InChI is InChI=1S/C29H32F3N3O3/c1-33(22-9-3-2-4-10-22)26(36)20-13-15-34(16-14-20)24-12-6-11-23-25(24)28(38)35(27(23)37)18-19-7-5-8-21(17-19)29(30,31)32/h5-8,11-12,17,20,22H,2-4,9-10,13-16,18H2,1H3. The van der Waals surface area contributed by atoms with Crippen LogP contribution in [0.15, 0.2) is 42.5 Å². The third-order valence-electron chi connectivity index (χ3n) is 8.23. The van der Waals surface area contributed by atoms with Crippen LogP contribution in [-0.2, 0) is 17.5 Å². The van der Waals surface area contributed by atoms with E-state index in [-0.39, 0.29) is 35.1 Å². The average Bonchev–Trinajstić information content (AvgIpc) is 3.17. The van der Waals surface area contributed by atoms with Gasteiger partial charge in [-0.25, -0.2) is 0 Å². The highest BCUT2D eigenvalue weighted by molar-refractivity contribution is 6.23. The lowest BCUT2D eigenvalue weighted by atomic mass is 9.90. The number of hydrogen-bond donors (Lipinski definition) is 0. The highest BCUT2D eigenvalue weighted by atomic mass is 19.4. The number of benzene rings is 2. The molecule has 6 nitrogen and oxygen atoms in total. The van der Waals surface area contributed by atoms with Gasteiger partial charge in [-0.05, 0) is 55.5 Å². The lowest BCUT2D eigenvalue weighted by Gasteiger charge is -2.38. The molecular formula is C29H32F3N3O3. The number of anilines is 1. The summed E-state index contributed by atoms with van der Waals surface area (Å²) >= 11 is 0. The van der Waals surface area contributed by atoms with E-state index in [1.165, 1.54) is 18.6 Å². The number of amides is 3. The summed E-state index contributed by atoms with van der Waals surface area (Å²) in [5, 5.41) is 0. The molecule has 0 atom stereocenters. The van der Waals surface area contributed by atoms with Gasteiger partial charge in [0, 0.05) is 32.1 Å². The summed E-state index contributed by atoms with van der Waals surface area (Å²) in [6.07, 6.45) is 2.50. The van der Waals surface area contributed by atoms with Gasteiger partial charge in [-0.3, -0.25) is 19.3 Å². The molecule has 0 aromatic heterocycles. The van der Waals surface area contributed by atoms with Crippen molar-refractivity contribution in [3.05, 3.63) is 64.7 Å². The second-order valence-corrected chi connectivity index (χ2v) is 10.6. The first-order chi connectivity index (χ1) is 18.1. The van der Waals surface area contributed by atoms with Gasteiger partial charge in [0.2, 0.25) is 5.91 Å². The molecule has 202 valence electrons. The summed E-state index contributed by atoms with van der Waals surface area (Å²) in [5.74, 6) is -0.894. The maximum absolute atomic E-state index is 13.4. The van der Waals surface area contributed by atoms with Crippen LogP contribution in [-0.4, -0.2) is 53.7 Å². The first-order valence-corrected chi connectivity index (χ1v) is 13.3. The fourth-order valence-electron chi connectivity index (χ4n) is 6.06. The summed E-state index contributed by atoms with van der Waals surface area (Å²) in [5.41, 5.74) is 0.596. The molecule has 0 N–H and O–H groups in total. The number of nitrogens with zero attached hydrogens (tertiary/aromatic N) is 3. The Morgan fingerprint density at radius 1 is 0.947 bits per heavy atom. The Balaban J connectivity index is 1.28. The summed E-state index contributed by atoms with van der Waals surface area (Å²) < 4.78 is 39.4. The molecule has 2 aromatic carbocycles. The number of carbonyl (C=O) groups is 3. The van der Waals surface area contributed by atoms with Crippen molar-refractivity contribution >= 4 is 23.4 Å². The zero-order chi connectivity index (χ0) is 27.0. The number of halogens is 3. The molecule has 1 saturated carbocycles. The molecule has 0 bridgehead atoms. The number of fused-ring (bicyclic) bond motifs is 1. The fourth-order valence-corrected chi connectivity index (χ4v) is 6.06. The molecule has 3 aliphatic rings. The van der Waals surface area contributed by atoms with E-state index in [0.29, 0.717) is 37.7 Å². The maximum Gasteiger partial charge on any atom is 0.416 e. The van der Waals surface area contributed by atoms with Crippen LogP contribution >= 0.6 is 0 Å². The Hall–Kier alpha value is -3.36. The first-order valence-electron chi connectivity index (χ1n) is 13.3. The largest absolute Gasteiger partial charge is 0.416 e. The monoisotopic (exact) mass is 527 g/mol. The van der Waals surface area contributed by atoms with Crippen LogP contribution in [0, 0.1) is 5.92 Å². The second-order valence-electron chi connectivity index (χ2n) is 10.6. The van der Waals surface area contributed by atoms with E-state index in [0.717, 1.165) is 42.7 Å². The van der Waals surface area contributed by atoms with Crippen molar-refractivity contribution in [1.82, 2.24) is 9.80 Å². The molecule has 0 spiro atoms. The molecule has 2 aliphatic heterocycles. The second kappa shape index (κ2) is 10.4. The number of carbonyl (C=O) groups excluding carboxylic acids is 3. The minimum atomic E-state index is -4.51. The Morgan fingerprint density at radius 2 is 1.63 bits per heavy atom. The van der Waals surface area contributed by atoms with Gasteiger partial charge in [-0.2, -0.15) is 13.2 Å². The number of hydrogen-bond acceptors (Lipinski definition) is 4. The van der Waals surface area contributed by atoms with E-state index in [4.69, 9.17) is 0 Å². The Morgan fingerprint density at radius 3 is 2.32 bits per heavy atom. The van der Waals surface area contributed by atoms with Gasteiger partial charge in [0.15, 0.2) is 0 Å². The molecule has 9 heteroatoms. The number of piperidine rings is 1. The van der Waals surface area contributed by atoms with Gasteiger partial charge in [-0.1, -0.05) is 37.5 Å². The van der Waals surface area contributed by atoms with Crippen LogP contribution in [0.5, 0.6) is 0 Å². The van der Waals surface area contributed by atoms with E-state index >= 15 is 0 Å². The van der Waals surface area contributed by atoms with Crippen molar-refractivity contribution in [2.45, 2.75) is 63.7 Å². The molecule has 38 heavy (non-hydrogen) atoms. The zero-order valence-electron chi connectivity index (χ0n) is 21.5. The smallest absolute Gasteiger partial charge is 0.371 e. The minimum absolute atomic E-state index is 0.0651.